The number of aromatic nitrogens is 2. The molecule has 4 rings (SSSR count). The Kier molecular flexibility index (Phi) is 6.54. The number of nitrogens with one attached hydrogen (secondary N) is 2. The molecule has 3 aromatic rings. The normalized spacial score (nSPS) is 14.9. The second-order valence-corrected chi connectivity index (χ2v) is 7.96. The zero-order chi connectivity index (χ0) is 21.6. The van der Waals surface area contributed by atoms with Gasteiger partial charge in [0.1, 0.15) is 0 Å². The lowest BCUT2D eigenvalue weighted by molar-refractivity contribution is 0.102. The van der Waals surface area contributed by atoms with Crippen LogP contribution >= 0.6 is 0 Å². The fourth-order valence-electron chi connectivity index (χ4n) is 3.55. The third-order valence-corrected chi connectivity index (χ3v) is 5.53. The van der Waals surface area contributed by atoms with Gasteiger partial charge in [-0.3, -0.25) is 9.69 Å². The van der Waals surface area contributed by atoms with Crippen molar-refractivity contribution in [3.8, 4) is 0 Å². The van der Waals surface area contributed by atoms with Crippen molar-refractivity contribution in [1.29, 1.82) is 0 Å². The molecule has 0 radical (unpaired) electrons. The van der Waals surface area contributed by atoms with Gasteiger partial charge in [-0.1, -0.05) is 18.2 Å². The van der Waals surface area contributed by atoms with E-state index in [1.54, 1.807) is 18.5 Å². The number of amides is 1. The predicted molar refractivity (Wildman–Crippen MR) is 124 cm³/mol. The van der Waals surface area contributed by atoms with E-state index >= 15 is 0 Å². The Balaban J connectivity index is 1.38. The quantitative estimate of drug-likeness (QED) is 0.641. The minimum Gasteiger partial charge on any atom is -0.324 e. The van der Waals surface area contributed by atoms with Crippen LogP contribution in [0.5, 0.6) is 0 Å². The number of aryl methyl sites for hydroxylation is 1. The summed E-state index contributed by atoms with van der Waals surface area (Å²) in [5.74, 6) is 0.391. The molecule has 0 aliphatic carbocycles. The Morgan fingerprint density at radius 2 is 1.71 bits per heavy atom. The highest BCUT2D eigenvalue weighted by Gasteiger charge is 2.14. The smallest absolute Gasteiger partial charge is 0.255 e. The van der Waals surface area contributed by atoms with Gasteiger partial charge in [0.05, 0.1) is 0 Å². The van der Waals surface area contributed by atoms with Crippen LogP contribution in [0, 0.1) is 6.92 Å². The lowest BCUT2D eigenvalue weighted by Crippen LogP contribution is -2.43. The number of nitrogens with zero attached hydrogens (tertiary/aromatic N) is 4. The molecule has 1 aliphatic heterocycles. The van der Waals surface area contributed by atoms with Gasteiger partial charge in [0.25, 0.3) is 5.91 Å². The van der Waals surface area contributed by atoms with Gasteiger partial charge in [0.15, 0.2) is 0 Å². The van der Waals surface area contributed by atoms with Gasteiger partial charge < -0.3 is 15.5 Å². The minimum absolute atomic E-state index is 0.128. The lowest BCUT2D eigenvalue weighted by Gasteiger charge is -2.32. The maximum absolute atomic E-state index is 12.7. The van der Waals surface area contributed by atoms with E-state index in [4.69, 9.17) is 0 Å². The monoisotopic (exact) mass is 416 g/mol. The van der Waals surface area contributed by atoms with E-state index in [9.17, 15) is 4.79 Å². The van der Waals surface area contributed by atoms with Crippen molar-refractivity contribution in [2.45, 2.75) is 13.5 Å². The number of hydrogen-bond acceptors (Lipinski definition) is 6. The Labute approximate surface area is 183 Å². The molecule has 7 heteroatoms. The summed E-state index contributed by atoms with van der Waals surface area (Å²) in [4.78, 5) is 25.9. The van der Waals surface area contributed by atoms with Gasteiger partial charge in [-0.15, -0.1) is 0 Å². The first kappa shape index (κ1) is 21.0. The number of rotatable bonds is 6. The van der Waals surface area contributed by atoms with Gasteiger partial charge in [-0.05, 0) is 55.4 Å². The topological polar surface area (TPSA) is 73.4 Å². The molecule has 31 heavy (non-hydrogen) atoms. The maximum atomic E-state index is 12.7. The number of benzene rings is 2. The van der Waals surface area contributed by atoms with Crippen molar-refractivity contribution in [1.82, 2.24) is 19.8 Å². The summed E-state index contributed by atoms with van der Waals surface area (Å²) >= 11 is 0. The van der Waals surface area contributed by atoms with Crippen LogP contribution in [-0.4, -0.2) is 58.9 Å². The fraction of sp³-hybridized carbons (Fsp3) is 0.292. The van der Waals surface area contributed by atoms with Crippen LogP contribution in [0.3, 0.4) is 0 Å². The molecule has 1 saturated heterocycles. The Morgan fingerprint density at radius 3 is 2.42 bits per heavy atom. The fourth-order valence-corrected chi connectivity index (χ4v) is 3.55. The molecule has 1 aliphatic rings. The summed E-state index contributed by atoms with van der Waals surface area (Å²) in [5.41, 5.74) is 4.48. The van der Waals surface area contributed by atoms with Crippen molar-refractivity contribution >= 4 is 23.2 Å². The van der Waals surface area contributed by atoms with Gasteiger partial charge >= 0.3 is 0 Å². The highest BCUT2D eigenvalue weighted by atomic mass is 16.1. The van der Waals surface area contributed by atoms with Crippen molar-refractivity contribution in [2.75, 3.05) is 43.9 Å². The Bertz CT molecular complexity index is 1010. The van der Waals surface area contributed by atoms with E-state index in [0.29, 0.717) is 11.5 Å². The SMILES string of the molecule is Cc1ccc(NC(=O)c2ccc(CN3CCN(C)CC3)cc2)cc1Nc1ncccn1. The van der Waals surface area contributed by atoms with E-state index in [1.165, 1.54) is 5.56 Å². The molecule has 0 bridgehead atoms. The van der Waals surface area contributed by atoms with E-state index in [-0.39, 0.29) is 5.91 Å². The average Bonchev–Trinajstić information content (AvgIpc) is 2.79. The molecule has 0 saturated carbocycles. The Hall–Kier alpha value is -3.29. The van der Waals surface area contributed by atoms with Crippen LogP contribution in [0.1, 0.15) is 21.5 Å². The van der Waals surface area contributed by atoms with Crippen molar-refractivity contribution in [3.05, 3.63) is 77.6 Å². The molecule has 7 nitrogen and oxygen atoms in total. The third-order valence-electron chi connectivity index (χ3n) is 5.53. The molecular formula is C24H28N6O. The van der Waals surface area contributed by atoms with Crippen molar-refractivity contribution in [2.24, 2.45) is 0 Å². The van der Waals surface area contributed by atoms with E-state index in [1.807, 2.05) is 49.4 Å². The third kappa shape index (κ3) is 5.65. The summed E-state index contributed by atoms with van der Waals surface area (Å²) in [6.45, 7) is 7.28. The maximum Gasteiger partial charge on any atom is 0.255 e. The summed E-state index contributed by atoms with van der Waals surface area (Å²) in [6, 6.07) is 15.4. The van der Waals surface area contributed by atoms with Crippen LogP contribution in [0.25, 0.3) is 0 Å². The van der Waals surface area contributed by atoms with Crippen molar-refractivity contribution < 1.29 is 4.79 Å². The molecule has 160 valence electrons. The second kappa shape index (κ2) is 9.68. The molecule has 2 aromatic carbocycles. The molecule has 0 atom stereocenters. The average molecular weight is 417 g/mol. The summed E-state index contributed by atoms with van der Waals surface area (Å²) < 4.78 is 0. The lowest BCUT2D eigenvalue weighted by atomic mass is 10.1. The molecule has 2 N–H and O–H groups in total. The number of anilines is 3. The van der Waals surface area contributed by atoms with Crippen LogP contribution < -0.4 is 10.6 Å². The summed E-state index contributed by atoms with van der Waals surface area (Å²) in [5, 5.41) is 6.17. The second-order valence-electron chi connectivity index (χ2n) is 7.96. The number of carbonyl (C=O) groups is 1. The number of piperazine rings is 1. The molecule has 1 amide bonds. The minimum atomic E-state index is -0.128. The van der Waals surface area contributed by atoms with Gasteiger partial charge in [0.2, 0.25) is 5.95 Å². The van der Waals surface area contributed by atoms with Gasteiger partial charge in [-0.25, -0.2) is 9.97 Å². The first-order valence-corrected chi connectivity index (χ1v) is 10.5. The molecule has 1 fully saturated rings. The molecule has 1 aromatic heterocycles. The van der Waals surface area contributed by atoms with Crippen LogP contribution in [-0.2, 0) is 6.54 Å². The standard InChI is InChI=1S/C24H28N6O/c1-18-4-9-21(16-22(18)28-24-25-10-3-11-26-24)27-23(31)20-7-5-19(6-8-20)17-30-14-12-29(2)13-15-30/h3-11,16H,12-15,17H2,1-2H3,(H,27,31)(H,25,26,28). The molecule has 2 heterocycles. The van der Waals surface area contributed by atoms with Crippen LogP contribution in [0.4, 0.5) is 17.3 Å². The first-order chi connectivity index (χ1) is 15.1. The molecule has 0 unspecified atom stereocenters. The summed E-state index contributed by atoms with van der Waals surface area (Å²) in [7, 11) is 2.16. The predicted octanol–water partition coefficient (Wildman–Crippen LogP) is 3.53. The van der Waals surface area contributed by atoms with Crippen LogP contribution in [0.2, 0.25) is 0 Å². The van der Waals surface area contributed by atoms with E-state index in [2.05, 4.69) is 37.4 Å². The van der Waals surface area contributed by atoms with E-state index in [0.717, 1.165) is 49.7 Å². The van der Waals surface area contributed by atoms with Gasteiger partial charge in [0, 0.05) is 62.1 Å². The molecule has 0 spiro atoms. The zero-order valence-electron chi connectivity index (χ0n) is 18.0. The summed E-state index contributed by atoms with van der Waals surface area (Å²) in [6.07, 6.45) is 3.37. The van der Waals surface area contributed by atoms with E-state index < -0.39 is 0 Å². The van der Waals surface area contributed by atoms with Crippen LogP contribution in [0.15, 0.2) is 60.9 Å². The molecular weight excluding hydrogens is 388 g/mol. The zero-order valence-corrected chi connectivity index (χ0v) is 18.0. The number of likely N-dealkylation sites (N-methyl/N-ethyl adjacent to an activating group) is 1. The highest BCUT2D eigenvalue weighted by molar-refractivity contribution is 6.04. The largest absolute Gasteiger partial charge is 0.324 e. The van der Waals surface area contributed by atoms with Gasteiger partial charge in [-0.2, -0.15) is 0 Å². The first-order valence-electron chi connectivity index (χ1n) is 10.5. The Morgan fingerprint density at radius 1 is 1.00 bits per heavy atom. The van der Waals surface area contributed by atoms with Crippen molar-refractivity contribution in [3.63, 3.8) is 0 Å². The number of hydrogen-bond donors (Lipinski definition) is 2. The highest BCUT2D eigenvalue weighted by Crippen LogP contribution is 2.23. The number of carbonyl (C=O) groups excluding carboxylic acids is 1.